The summed E-state index contributed by atoms with van der Waals surface area (Å²) in [4.78, 5) is 13.1. The Bertz CT molecular complexity index is 967. The number of methoxy groups -OCH3 is 1. The molecule has 32 heavy (non-hydrogen) atoms. The molecule has 0 aliphatic rings. The number of benzene rings is 1. The Hall–Kier alpha value is -2.59. The van der Waals surface area contributed by atoms with Crippen molar-refractivity contribution in [2.45, 2.75) is 19.9 Å². The highest BCUT2D eigenvalue weighted by Gasteiger charge is 2.02. The van der Waals surface area contributed by atoms with Gasteiger partial charge in [-0.2, -0.15) is 0 Å². The molecule has 0 saturated carbocycles. The third-order valence-electron chi connectivity index (χ3n) is 4.34. The average molecular weight is 568 g/mol. The average Bonchev–Trinajstić information content (AvgIpc) is 2.80. The van der Waals surface area contributed by atoms with Crippen molar-refractivity contribution in [1.29, 1.82) is 0 Å². The highest BCUT2D eigenvalue weighted by Crippen LogP contribution is 2.22. The molecule has 170 valence electrons. The van der Waals surface area contributed by atoms with Crippen LogP contribution in [0.4, 0.5) is 0 Å². The SMILES string of the molecule is CCNC(=NCc1ccc(Oc2ccc(OC)cc2)nc1)NCCc1ccc(Cl)nc1.I. The van der Waals surface area contributed by atoms with Crippen LogP contribution in [-0.4, -0.2) is 36.1 Å². The first-order valence-electron chi connectivity index (χ1n) is 10.1. The number of hydrogen-bond acceptors (Lipinski definition) is 5. The van der Waals surface area contributed by atoms with Crippen molar-refractivity contribution in [3.63, 3.8) is 0 Å². The third-order valence-corrected chi connectivity index (χ3v) is 4.56. The molecule has 2 aromatic heterocycles. The fourth-order valence-electron chi connectivity index (χ4n) is 2.72. The van der Waals surface area contributed by atoms with Crippen LogP contribution in [0.2, 0.25) is 5.15 Å². The van der Waals surface area contributed by atoms with Crippen LogP contribution in [0.15, 0.2) is 65.9 Å². The van der Waals surface area contributed by atoms with Gasteiger partial charge in [0.15, 0.2) is 5.96 Å². The minimum atomic E-state index is 0. The van der Waals surface area contributed by atoms with E-state index in [1.807, 2.05) is 49.4 Å². The van der Waals surface area contributed by atoms with E-state index in [-0.39, 0.29) is 24.0 Å². The van der Waals surface area contributed by atoms with Crippen molar-refractivity contribution in [3.05, 3.63) is 77.2 Å². The lowest BCUT2D eigenvalue weighted by Gasteiger charge is -2.11. The molecule has 0 aliphatic carbocycles. The number of pyridine rings is 2. The van der Waals surface area contributed by atoms with Gasteiger partial charge in [0.05, 0.1) is 13.7 Å². The summed E-state index contributed by atoms with van der Waals surface area (Å²) in [5.74, 6) is 2.76. The molecule has 0 unspecified atom stereocenters. The van der Waals surface area contributed by atoms with Gasteiger partial charge in [-0.05, 0) is 54.8 Å². The van der Waals surface area contributed by atoms with E-state index >= 15 is 0 Å². The normalized spacial score (nSPS) is 10.8. The maximum absolute atomic E-state index is 5.82. The summed E-state index contributed by atoms with van der Waals surface area (Å²) >= 11 is 5.82. The van der Waals surface area contributed by atoms with E-state index in [0.717, 1.165) is 42.3 Å². The Morgan fingerprint density at radius 1 is 0.938 bits per heavy atom. The number of halogens is 2. The largest absolute Gasteiger partial charge is 0.497 e. The second-order valence-electron chi connectivity index (χ2n) is 6.64. The first kappa shape index (κ1) is 25.7. The van der Waals surface area contributed by atoms with Gasteiger partial charge in [-0.15, -0.1) is 24.0 Å². The Labute approximate surface area is 210 Å². The molecule has 0 saturated heterocycles. The second-order valence-corrected chi connectivity index (χ2v) is 7.03. The first-order chi connectivity index (χ1) is 15.2. The topological polar surface area (TPSA) is 80.7 Å². The minimum Gasteiger partial charge on any atom is -0.497 e. The Balaban J connectivity index is 0.00000363. The van der Waals surface area contributed by atoms with E-state index in [1.54, 1.807) is 25.6 Å². The second kappa shape index (κ2) is 13.7. The summed E-state index contributed by atoms with van der Waals surface area (Å²) in [7, 11) is 1.63. The number of rotatable bonds is 9. The number of aromatic nitrogens is 2. The summed E-state index contributed by atoms with van der Waals surface area (Å²) in [5, 5.41) is 7.08. The molecule has 9 heteroatoms. The number of nitrogens with zero attached hydrogens (tertiary/aromatic N) is 3. The molecule has 3 rings (SSSR count). The van der Waals surface area contributed by atoms with E-state index in [4.69, 9.17) is 21.1 Å². The number of ether oxygens (including phenoxy) is 2. The van der Waals surface area contributed by atoms with Crippen molar-refractivity contribution in [2.75, 3.05) is 20.2 Å². The molecular formula is C23H27ClIN5O2. The predicted octanol–water partition coefficient (Wildman–Crippen LogP) is 4.85. The van der Waals surface area contributed by atoms with Crippen LogP contribution in [0.3, 0.4) is 0 Å². The maximum Gasteiger partial charge on any atom is 0.219 e. The van der Waals surface area contributed by atoms with Crippen molar-refractivity contribution in [3.8, 4) is 17.4 Å². The number of aliphatic imine (C=N–C) groups is 1. The number of nitrogens with one attached hydrogen (secondary N) is 2. The molecule has 1 aromatic carbocycles. The van der Waals surface area contributed by atoms with Crippen LogP contribution in [-0.2, 0) is 13.0 Å². The fraction of sp³-hybridized carbons (Fsp3) is 0.261. The molecule has 0 fully saturated rings. The lowest BCUT2D eigenvalue weighted by atomic mass is 10.2. The molecule has 0 radical (unpaired) electrons. The van der Waals surface area contributed by atoms with Gasteiger partial charge in [0.2, 0.25) is 5.88 Å². The smallest absolute Gasteiger partial charge is 0.219 e. The Morgan fingerprint density at radius 3 is 2.28 bits per heavy atom. The summed E-state index contributed by atoms with van der Waals surface area (Å²) in [6.07, 6.45) is 4.38. The molecule has 7 nitrogen and oxygen atoms in total. The Kier molecular flexibility index (Phi) is 11.0. The molecule has 2 heterocycles. The van der Waals surface area contributed by atoms with E-state index in [0.29, 0.717) is 23.3 Å². The molecule has 0 spiro atoms. The van der Waals surface area contributed by atoms with Crippen molar-refractivity contribution < 1.29 is 9.47 Å². The fourth-order valence-corrected chi connectivity index (χ4v) is 2.83. The van der Waals surface area contributed by atoms with E-state index in [2.05, 4.69) is 25.6 Å². The number of hydrogen-bond donors (Lipinski definition) is 2. The van der Waals surface area contributed by atoms with Crippen LogP contribution in [0, 0.1) is 0 Å². The van der Waals surface area contributed by atoms with Gasteiger partial charge in [-0.3, -0.25) is 0 Å². The van der Waals surface area contributed by atoms with Gasteiger partial charge in [0, 0.05) is 31.5 Å². The zero-order valence-electron chi connectivity index (χ0n) is 18.0. The highest BCUT2D eigenvalue weighted by molar-refractivity contribution is 14.0. The van der Waals surface area contributed by atoms with Crippen molar-refractivity contribution >= 4 is 41.5 Å². The standard InChI is InChI=1S/C23H26ClN5O2.HI/c1-3-25-23(26-13-12-17-4-10-21(24)27-14-17)29-16-18-5-11-22(28-15-18)31-20-8-6-19(30-2)7-9-20;/h4-11,14-15H,3,12-13,16H2,1-2H3,(H2,25,26,29);1H. The summed E-state index contributed by atoms with van der Waals surface area (Å²) in [6.45, 7) is 4.06. The summed E-state index contributed by atoms with van der Waals surface area (Å²) < 4.78 is 10.9. The van der Waals surface area contributed by atoms with Crippen LogP contribution < -0.4 is 20.1 Å². The van der Waals surface area contributed by atoms with E-state index in [9.17, 15) is 0 Å². The molecule has 0 bridgehead atoms. The van der Waals surface area contributed by atoms with Gasteiger partial charge in [0.1, 0.15) is 16.7 Å². The molecule has 0 atom stereocenters. The van der Waals surface area contributed by atoms with Gasteiger partial charge in [0.25, 0.3) is 0 Å². The maximum atomic E-state index is 5.82. The lowest BCUT2D eigenvalue weighted by molar-refractivity contribution is 0.412. The van der Waals surface area contributed by atoms with Crippen LogP contribution >= 0.6 is 35.6 Å². The van der Waals surface area contributed by atoms with Crippen LogP contribution in [0.25, 0.3) is 0 Å². The van der Waals surface area contributed by atoms with Crippen LogP contribution in [0.1, 0.15) is 18.1 Å². The predicted molar refractivity (Wildman–Crippen MR) is 138 cm³/mol. The van der Waals surface area contributed by atoms with Crippen molar-refractivity contribution in [2.24, 2.45) is 4.99 Å². The zero-order valence-corrected chi connectivity index (χ0v) is 21.1. The molecule has 3 aromatic rings. The van der Waals surface area contributed by atoms with Gasteiger partial charge < -0.3 is 20.1 Å². The number of guanidine groups is 1. The van der Waals surface area contributed by atoms with Gasteiger partial charge in [-0.25, -0.2) is 15.0 Å². The third kappa shape index (κ3) is 8.51. The van der Waals surface area contributed by atoms with E-state index < -0.39 is 0 Å². The lowest BCUT2D eigenvalue weighted by Crippen LogP contribution is -2.38. The van der Waals surface area contributed by atoms with Crippen LogP contribution in [0.5, 0.6) is 17.4 Å². The summed E-state index contributed by atoms with van der Waals surface area (Å²) in [5.41, 5.74) is 2.10. The van der Waals surface area contributed by atoms with Crippen molar-refractivity contribution in [1.82, 2.24) is 20.6 Å². The highest BCUT2D eigenvalue weighted by atomic mass is 127. The zero-order chi connectivity index (χ0) is 21.9. The quantitative estimate of drug-likeness (QED) is 0.167. The molecule has 2 N–H and O–H groups in total. The molecule has 0 amide bonds. The Morgan fingerprint density at radius 2 is 1.66 bits per heavy atom. The first-order valence-corrected chi connectivity index (χ1v) is 10.4. The molecular weight excluding hydrogens is 541 g/mol. The monoisotopic (exact) mass is 567 g/mol. The summed E-state index contributed by atoms with van der Waals surface area (Å²) in [6, 6.07) is 14.9. The van der Waals surface area contributed by atoms with Gasteiger partial charge in [-0.1, -0.05) is 23.7 Å². The van der Waals surface area contributed by atoms with Gasteiger partial charge >= 0.3 is 0 Å². The minimum absolute atomic E-state index is 0. The van der Waals surface area contributed by atoms with E-state index in [1.165, 1.54) is 0 Å². The molecule has 0 aliphatic heterocycles.